The summed E-state index contributed by atoms with van der Waals surface area (Å²) in [5, 5.41) is 5.24. The minimum Gasteiger partial charge on any atom is -0.497 e. The van der Waals surface area contributed by atoms with E-state index >= 15 is 0 Å². The van der Waals surface area contributed by atoms with Crippen molar-refractivity contribution in [2.45, 2.75) is 13.8 Å². The number of hydrogen-bond acceptors (Lipinski definition) is 6. The molecule has 156 valence electrons. The highest BCUT2D eigenvalue weighted by molar-refractivity contribution is 7.14. The molecule has 0 aliphatic heterocycles. The minimum atomic E-state index is -0.252. The first-order valence-corrected chi connectivity index (χ1v) is 10.5. The number of amides is 1. The molecule has 3 rings (SSSR count). The number of ether oxygens (including phenoxy) is 3. The van der Waals surface area contributed by atoms with Gasteiger partial charge in [-0.1, -0.05) is 6.07 Å². The second-order valence-electron chi connectivity index (χ2n) is 6.16. The lowest BCUT2D eigenvalue weighted by Gasteiger charge is -2.11. The van der Waals surface area contributed by atoms with Crippen LogP contribution in [-0.4, -0.2) is 31.2 Å². The lowest BCUT2D eigenvalue weighted by atomic mass is 10.2. The number of thiazole rings is 1. The van der Waals surface area contributed by atoms with Crippen LogP contribution >= 0.6 is 11.3 Å². The van der Waals surface area contributed by atoms with Crippen LogP contribution in [0.3, 0.4) is 0 Å². The van der Waals surface area contributed by atoms with Gasteiger partial charge in [-0.15, -0.1) is 11.3 Å². The van der Waals surface area contributed by atoms with Gasteiger partial charge in [0.15, 0.2) is 16.6 Å². The molecule has 0 radical (unpaired) electrons. The van der Waals surface area contributed by atoms with E-state index in [1.165, 1.54) is 17.4 Å². The van der Waals surface area contributed by atoms with Crippen LogP contribution in [0.5, 0.6) is 17.2 Å². The number of rotatable bonds is 9. The predicted molar refractivity (Wildman–Crippen MR) is 121 cm³/mol. The third-order valence-corrected chi connectivity index (χ3v) is 4.87. The monoisotopic (exact) mass is 424 g/mol. The molecule has 6 nitrogen and oxygen atoms in total. The number of nitrogens with zero attached hydrogens (tertiary/aromatic N) is 1. The molecule has 0 spiro atoms. The van der Waals surface area contributed by atoms with Crippen molar-refractivity contribution >= 4 is 28.5 Å². The fourth-order valence-corrected chi connectivity index (χ4v) is 3.44. The molecule has 1 heterocycles. The molecular weight excluding hydrogens is 400 g/mol. The molecular formula is C23H24N2O4S. The normalized spacial score (nSPS) is 10.8. The van der Waals surface area contributed by atoms with Gasteiger partial charge in [0.05, 0.1) is 26.0 Å². The van der Waals surface area contributed by atoms with Gasteiger partial charge in [-0.3, -0.25) is 10.1 Å². The van der Waals surface area contributed by atoms with Crippen molar-refractivity contribution in [1.29, 1.82) is 0 Å². The van der Waals surface area contributed by atoms with Crippen molar-refractivity contribution in [2.24, 2.45) is 0 Å². The number of aromatic nitrogens is 1. The Kier molecular flexibility index (Phi) is 7.45. The summed E-state index contributed by atoms with van der Waals surface area (Å²) in [6, 6.07) is 13.2. The van der Waals surface area contributed by atoms with E-state index in [4.69, 9.17) is 14.2 Å². The molecule has 1 amide bonds. The smallest absolute Gasteiger partial charge is 0.250 e. The molecule has 1 aromatic heterocycles. The number of methoxy groups -OCH3 is 1. The van der Waals surface area contributed by atoms with E-state index in [1.807, 2.05) is 61.7 Å². The van der Waals surface area contributed by atoms with E-state index in [0.717, 1.165) is 22.6 Å². The fraction of sp³-hybridized carbons (Fsp3) is 0.217. The highest BCUT2D eigenvalue weighted by Crippen LogP contribution is 2.29. The van der Waals surface area contributed by atoms with Crippen molar-refractivity contribution in [1.82, 2.24) is 4.98 Å². The lowest BCUT2D eigenvalue weighted by Crippen LogP contribution is -2.07. The molecule has 2 aromatic carbocycles. The van der Waals surface area contributed by atoms with Crippen molar-refractivity contribution < 1.29 is 19.0 Å². The number of anilines is 1. The average Bonchev–Trinajstić information content (AvgIpc) is 3.22. The summed E-state index contributed by atoms with van der Waals surface area (Å²) < 4.78 is 16.3. The van der Waals surface area contributed by atoms with Crippen LogP contribution in [0.1, 0.15) is 19.4 Å². The third kappa shape index (κ3) is 5.61. The van der Waals surface area contributed by atoms with Crippen LogP contribution in [0.4, 0.5) is 5.13 Å². The van der Waals surface area contributed by atoms with Gasteiger partial charge in [-0.05, 0) is 61.9 Å². The molecule has 0 bridgehead atoms. The van der Waals surface area contributed by atoms with Crippen LogP contribution in [0.15, 0.2) is 53.9 Å². The maximum absolute atomic E-state index is 12.3. The standard InChI is InChI=1S/C23H24N2O4S/c1-4-28-20-12-6-16(14-21(20)29-5-2)7-13-22(26)25-23-24-19(15-30-23)17-8-10-18(27-3)11-9-17/h6-15H,4-5H2,1-3H3,(H,24,25,26). The van der Waals surface area contributed by atoms with Gasteiger partial charge >= 0.3 is 0 Å². The molecule has 0 unspecified atom stereocenters. The van der Waals surface area contributed by atoms with Crippen molar-refractivity contribution in [3.05, 3.63) is 59.5 Å². The van der Waals surface area contributed by atoms with Gasteiger partial charge in [-0.25, -0.2) is 4.98 Å². The quantitative estimate of drug-likeness (QED) is 0.474. The van der Waals surface area contributed by atoms with Crippen LogP contribution in [0.25, 0.3) is 17.3 Å². The van der Waals surface area contributed by atoms with Crippen LogP contribution in [0.2, 0.25) is 0 Å². The van der Waals surface area contributed by atoms with Gasteiger partial charge in [-0.2, -0.15) is 0 Å². The number of nitrogens with one attached hydrogen (secondary N) is 1. The summed E-state index contributed by atoms with van der Waals surface area (Å²) in [5.74, 6) is 1.88. The van der Waals surface area contributed by atoms with E-state index in [2.05, 4.69) is 10.3 Å². The minimum absolute atomic E-state index is 0.252. The predicted octanol–water partition coefficient (Wildman–Crippen LogP) is 5.27. The number of hydrogen-bond donors (Lipinski definition) is 1. The first-order valence-electron chi connectivity index (χ1n) is 9.61. The SMILES string of the molecule is CCOc1ccc(C=CC(=O)Nc2nc(-c3ccc(OC)cc3)cs2)cc1OCC. The third-order valence-electron chi connectivity index (χ3n) is 4.11. The number of carbonyl (C=O) groups excluding carboxylic acids is 1. The van der Waals surface area contributed by atoms with Gasteiger partial charge < -0.3 is 14.2 Å². The largest absolute Gasteiger partial charge is 0.497 e. The zero-order valence-corrected chi connectivity index (χ0v) is 18.0. The summed E-state index contributed by atoms with van der Waals surface area (Å²) in [4.78, 5) is 16.8. The van der Waals surface area contributed by atoms with Crippen molar-refractivity contribution in [3.63, 3.8) is 0 Å². The molecule has 0 atom stereocenters. The van der Waals surface area contributed by atoms with E-state index < -0.39 is 0 Å². The Morgan fingerprint density at radius 2 is 1.80 bits per heavy atom. The van der Waals surface area contributed by atoms with E-state index in [-0.39, 0.29) is 5.91 Å². The van der Waals surface area contributed by atoms with Crippen LogP contribution in [0, 0.1) is 0 Å². The van der Waals surface area contributed by atoms with Gasteiger partial charge in [0.1, 0.15) is 5.75 Å². The topological polar surface area (TPSA) is 69.7 Å². The molecule has 3 aromatic rings. The molecule has 0 saturated carbocycles. The zero-order valence-electron chi connectivity index (χ0n) is 17.2. The Balaban J connectivity index is 1.64. The Hall–Kier alpha value is -3.32. The zero-order chi connectivity index (χ0) is 21.3. The molecule has 0 aliphatic rings. The first kappa shape index (κ1) is 21.4. The number of benzene rings is 2. The Morgan fingerprint density at radius 1 is 1.07 bits per heavy atom. The van der Waals surface area contributed by atoms with Crippen molar-refractivity contribution in [2.75, 3.05) is 25.6 Å². The summed E-state index contributed by atoms with van der Waals surface area (Å²) in [6.07, 6.45) is 3.20. The lowest BCUT2D eigenvalue weighted by molar-refractivity contribution is -0.111. The molecule has 0 saturated heterocycles. The van der Waals surface area contributed by atoms with E-state index in [1.54, 1.807) is 13.2 Å². The summed E-state index contributed by atoms with van der Waals surface area (Å²) >= 11 is 1.38. The summed E-state index contributed by atoms with van der Waals surface area (Å²) in [7, 11) is 1.63. The van der Waals surface area contributed by atoms with Gasteiger partial charge in [0.2, 0.25) is 5.91 Å². The first-order chi connectivity index (χ1) is 14.6. The fourth-order valence-electron chi connectivity index (χ4n) is 2.72. The Bertz CT molecular complexity index is 1010. The molecule has 30 heavy (non-hydrogen) atoms. The van der Waals surface area contributed by atoms with Crippen LogP contribution < -0.4 is 19.5 Å². The molecule has 0 fully saturated rings. The molecule has 0 aliphatic carbocycles. The summed E-state index contributed by atoms with van der Waals surface area (Å²) in [5.41, 5.74) is 2.60. The van der Waals surface area contributed by atoms with Gasteiger partial charge in [0, 0.05) is 17.0 Å². The highest BCUT2D eigenvalue weighted by atomic mass is 32.1. The average molecular weight is 425 g/mol. The summed E-state index contributed by atoms with van der Waals surface area (Å²) in [6.45, 7) is 4.94. The van der Waals surface area contributed by atoms with Gasteiger partial charge in [0.25, 0.3) is 0 Å². The van der Waals surface area contributed by atoms with Crippen LogP contribution in [-0.2, 0) is 4.79 Å². The molecule has 1 N–H and O–H groups in total. The second-order valence-corrected chi connectivity index (χ2v) is 7.02. The van der Waals surface area contributed by atoms with E-state index in [9.17, 15) is 4.79 Å². The van der Waals surface area contributed by atoms with E-state index in [0.29, 0.717) is 29.8 Å². The second kappa shape index (κ2) is 10.5. The maximum atomic E-state index is 12.3. The Labute approximate surface area is 180 Å². The Morgan fingerprint density at radius 3 is 2.50 bits per heavy atom. The molecule has 7 heteroatoms. The van der Waals surface area contributed by atoms with Crippen molar-refractivity contribution in [3.8, 4) is 28.5 Å². The number of carbonyl (C=O) groups is 1. The highest BCUT2D eigenvalue weighted by Gasteiger charge is 2.08. The maximum Gasteiger partial charge on any atom is 0.250 e.